The number of carbonyl (C=O) groups excluding carboxylic acids is 1. The number of methoxy groups -OCH3 is 2. The van der Waals surface area contributed by atoms with E-state index in [0.29, 0.717) is 32.7 Å². The number of allylic oxidation sites excluding steroid dienone is 1. The monoisotopic (exact) mass is 386 g/mol. The third-order valence-corrected chi connectivity index (χ3v) is 4.51. The molecule has 0 fully saturated rings. The zero-order valence-electron chi connectivity index (χ0n) is 14.3. The van der Waals surface area contributed by atoms with Gasteiger partial charge in [-0.05, 0) is 41.1 Å². The number of carbonyl (C=O) groups is 1. The third-order valence-electron chi connectivity index (χ3n) is 4.01. The van der Waals surface area contributed by atoms with Gasteiger partial charge in [-0.15, -0.1) is 0 Å². The maximum absolute atomic E-state index is 12.9. The molecule has 0 saturated heterocycles. The van der Waals surface area contributed by atoms with E-state index in [1.54, 1.807) is 31.4 Å². The smallest absolute Gasteiger partial charge is 0.190 e. The molecule has 0 aliphatic rings. The summed E-state index contributed by atoms with van der Waals surface area (Å²) in [6.45, 7) is 0. The first kappa shape index (κ1) is 18.3. The van der Waals surface area contributed by atoms with Gasteiger partial charge in [0.2, 0.25) is 0 Å². The van der Waals surface area contributed by atoms with Crippen LogP contribution >= 0.6 is 23.2 Å². The largest absolute Gasteiger partial charge is 0.496 e. The third kappa shape index (κ3) is 3.55. The summed E-state index contributed by atoms with van der Waals surface area (Å²) in [4.78, 5) is 12.9. The van der Waals surface area contributed by atoms with Crippen molar-refractivity contribution in [2.24, 2.45) is 0 Å². The Bertz CT molecular complexity index is 1010. The number of rotatable bonds is 5. The number of ketones is 1. The summed E-state index contributed by atoms with van der Waals surface area (Å²) in [6.07, 6.45) is 3.11. The van der Waals surface area contributed by atoms with Crippen molar-refractivity contribution in [2.75, 3.05) is 14.2 Å². The quantitative estimate of drug-likeness (QED) is 0.394. The SMILES string of the molecule is COc1ccc2ccccc2c1C(=O)/C=C\c1cc(Cl)cc(Cl)c1OC. The summed E-state index contributed by atoms with van der Waals surface area (Å²) < 4.78 is 10.7. The molecule has 0 heterocycles. The molecule has 0 spiro atoms. The Balaban J connectivity index is 2.07. The van der Waals surface area contributed by atoms with Crippen LogP contribution in [0.15, 0.2) is 54.6 Å². The molecule has 3 aromatic rings. The van der Waals surface area contributed by atoms with Gasteiger partial charge in [-0.2, -0.15) is 0 Å². The number of benzene rings is 3. The van der Waals surface area contributed by atoms with Crippen LogP contribution in [0.25, 0.3) is 16.8 Å². The predicted molar refractivity (Wildman–Crippen MR) is 107 cm³/mol. The molecular formula is C21H16Cl2O3. The van der Waals surface area contributed by atoms with Crippen molar-refractivity contribution >= 4 is 45.8 Å². The standard InChI is InChI=1S/C21H16Cl2O3/c1-25-19-10-8-13-5-3-4-6-16(13)20(19)18(24)9-7-14-11-15(22)12-17(23)21(14)26-2/h3-12H,1-2H3/b9-7-. The normalized spacial score (nSPS) is 11.1. The molecule has 0 N–H and O–H groups in total. The fourth-order valence-corrected chi connectivity index (χ4v) is 3.43. The molecule has 0 radical (unpaired) electrons. The van der Waals surface area contributed by atoms with Gasteiger partial charge in [0.1, 0.15) is 11.5 Å². The van der Waals surface area contributed by atoms with Crippen molar-refractivity contribution in [1.29, 1.82) is 0 Å². The Labute approximate surface area is 161 Å². The van der Waals surface area contributed by atoms with Crippen LogP contribution in [0.3, 0.4) is 0 Å². The average molecular weight is 387 g/mol. The van der Waals surface area contributed by atoms with Crippen molar-refractivity contribution in [1.82, 2.24) is 0 Å². The van der Waals surface area contributed by atoms with Gasteiger partial charge in [0.25, 0.3) is 0 Å². The molecule has 26 heavy (non-hydrogen) atoms. The highest BCUT2D eigenvalue weighted by Gasteiger charge is 2.15. The molecule has 0 aliphatic carbocycles. The predicted octanol–water partition coefficient (Wildman–Crippen LogP) is 6.06. The van der Waals surface area contributed by atoms with Crippen LogP contribution in [-0.4, -0.2) is 20.0 Å². The van der Waals surface area contributed by atoms with E-state index in [-0.39, 0.29) is 5.78 Å². The summed E-state index contributed by atoms with van der Waals surface area (Å²) in [6, 6.07) is 14.7. The molecule has 3 rings (SSSR count). The van der Waals surface area contributed by atoms with Gasteiger partial charge in [-0.25, -0.2) is 0 Å². The first-order chi connectivity index (χ1) is 12.5. The number of ether oxygens (including phenoxy) is 2. The lowest BCUT2D eigenvalue weighted by atomic mass is 9.99. The highest BCUT2D eigenvalue weighted by atomic mass is 35.5. The molecule has 0 atom stereocenters. The van der Waals surface area contributed by atoms with Crippen molar-refractivity contribution < 1.29 is 14.3 Å². The van der Waals surface area contributed by atoms with Gasteiger partial charge < -0.3 is 9.47 Å². The Kier molecular flexibility index (Phi) is 5.50. The Morgan fingerprint density at radius 1 is 1.00 bits per heavy atom. The van der Waals surface area contributed by atoms with E-state index < -0.39 is 0 Å². The van der Waals surface area contributed by atoms with E-state index in [0.717, 1.165) is 10.8 Å². The van der Waals surface area contributed by atoms with E-state index in [4.69, 9.17) is 32.7 Å². The van der Waals surface area contributed by atoms with E-state index in [1.807, 2.05) is 30.3 Å². The first-order valence-corrected chi connectivity index (χ1v) is 8.62. The maximum atomic E-state index is 12.9. The van der Waals surface area contributed by atoms with Gasteiger partial charge in [-0.1, -0.05) is 53.5 Å². The molecule has 0 amide bonds. The van der Waals surface area contributed by atoms with Crippen LogP contribution in [0.4, 0.5) is 0 Å². The second-order valence-electron chi connectivity index (χ2n) is 5.57. The highest BCUT2D eigenvalue weighted by Crippen LogP contribution is 2.34. The minimum atomic E-state index is -0.184. The second kappa shape index (κ2) is 7.81. The molecule has 132 valence electrons. The molecule has 0 bridgehead atoms. The summed E-state index contributed by atoms with van der Waals surface area (Å²) in [5.74, 6) is 0.802. The Morgan fingerprint density at radius 2 is 1.77 bits per heavy atom. The van der Waals surface area contributed by atoms with Crippen LogP contribution < -0.4 is 9.47 Å². The van der Waals surface area contributed by atoms with Crippen molar-refractivity contribution in [3.8, 4) is 11.5 Å². The van der Waals surface area contributed by atoms with Crippen molar-refractivity contribution in [2.45, 2.75) is 0 Å². The zero-order chi connectivity index (χ0) is 18.7. The molecule has 0 unspecified atom stereocenters. The van der Waals surface area contributed by atoms with E-state index in [1.165, 1.54) is 13.2 Å². The summed E-state index contributed by atoms with van der Waals surface area (Å²) in [5.41, 5.74) is 1.13. The Hall–Kier alpha value is -2.49. The fraction of sp³-hybridized carbons (Fsp3) is 0.0952. The summed E-state index contributed by atoms with van der Waals surface area (Å²) >= 11 is 12.2. The van der Waals surface area contributed by atoms with Crippen LogP contribution in [0.1, 0.15) is 15.9 Å². The number of halogens is 2. The minimum Gasteiger partial charge on any atom is -0.496 e. The highest BCUT2D eigenvalue weighted by molar-refractivity contribution is 6.36. The van der Waals surface area contributed by atoms with E-state index >= 15 is 0 Å². The lowest BCUT2D eigenvalue weighted by Crippen LogP contribution is -2.00. The van der Waals surface area contributed by atoms with Crippen LogP contribution in [-0.2, 0) is 0 Å². The van der Waals surface area contributed by atoms with Crippen LogP contribution in [0.5, 0.6) is 11.5 Å². The summed E-state index contributed by atoms with van der Waals surface area (Å²) in [7, 11) is 3.06. The molecule has 0 aromatic heterocycles. The van der Waals surface area contributed by atoms with Crippen molar-refractivity contribution in [3.05, 3.63) is 75.8 Å². The molecule has 0 saturated carbocycles. The summed E-state index contributed by atoms with van der Waals surface area (Å²) in [5, 5.41) is 2.64. The van der Waals surface area contributed by atoms with Gasteiger partial charge in [0, 0.05) is 10.6 Å². The lowest BCUT2D eigenvalue weighted by Gasteiger charge is -2.10. The van der Waals surface area contributed by atoms with Gasteiger partial charge >= 0.3 is 0 Å². The number of hydrogen-bond donors (Lipinski definition) is 0. The minimum absolute atomic E-state index is 0.184. The van der Waals surface area contributed by atoms with Crippen molar-refractivity contribution in [3.63, 3.8) is 0 Å². The van der Waals surface area contributed by atoms with E-state index in [9.17, 15) is 4.79 Å². The molecule has 3 nitrogen and oxygen atoms in total. The molecule has 3 aromatic carbocycles. The first-order valence-electron chi connectivity index (χ1n) is 7.86. The van der Waals surface area contributed by atoms with Gasteiger partial charge in [0.05, 0.1) is 24.8 Å². The lowest BCUT2D eigenvalue weighted by molar-refractivity contribution is 0.104. The van der Waals surface area contributed by atoms with E-state index in [2.05, 4.69) is 0 Å². The second-order valence-corrected chi connectivity index (χ2v) is 6.42. The van der Waals surface area contributed by atoms with Gasteiger partial charge in [-0.3, -0.25) is 4.79 Å². The van der Waals surface area contributed by atoms with Gasteiger partial charge in [0.15, 0.2) is 5.78 Å². The number of hydrogen-bond acceptors (Lipinski definition) is 3. The molecular weight excluding hydrogens is 371 g/mol. The topological polar surface area (TPSA) is 35.5 Å². The number of fused-ring (bicyclic) bond motifs is 1. The Morgan fingerprint density at radius 3 is 2.50 bits per heavy atom. The average Bonchev–Trinajstić information content (AvgIpc) is 2.64. The molecule has 5 heteroatoms. The van der Waals surface area contributed by atoms with Crippen LogP contribution in [0.2, 0.25) is 10.0 Å². The maximum Gasteiger partial charge on any atom is 0.190 e. The molecule has 0 aliphatic heterocycles. The fourth-order valence-electron chi connectivity index (χ4n) is 2.84. The zero-order valence-corrected chi connectivity index (χ0v) is 15.8. The van der Waals surface area contributed by atoms with Crippen LogP contribution in [0, 0.1) is 0 Å².